The van der Waals surface area contributed by atoms with Gasteiger partial charge in [0.05, 0.1) is 19.1 Å². The lowest BCUT2D eigenvalue weighted by Crippen LogP contribution is -2.52. The van der Waals surface area contributed by atoms with Gasteiger partial charge in [-0.2, -0.15) is 0 Å². The van der Waals surface area contributed by atoms with E-state index in [2.05, 4.69) is 5.32 Å². The first-order valence-electron chi connectivity index (χ1n) is 10.9. The van der Waals surface area contributed by atoms with Crippen molar-refractivity contribution in [3.05, 3.63) is 59.1 Å². The molecular weight excluding hydrogens is 478 g/mol. The monoisotopic (exact) mass is 509 g/mol. The van der Waals surface area contributed by atoms with Gasteiger partial charge in [-0.25, -0.2) is 8.42 Å². The third-order valence-corrected chi connectivity index (χ3v) is 6.87. The van der Waals surface area contributed by atoms with Gasteiger partial charge in [-0.1, -0.05) is 30.7 Å². The molecule has 2 aromatic rings. The lowest BCUT2D eigenvalue weighted by atomic mass is 10.1. The number of methoxy groups -OCH3 is 1. The molecule has 2 aromatic carbocycles. The molecule has 0 saturated heterocycles. The maximum atomic E-state index is 13.5. The molecule has 0 fully saturated rings. The summed E-state index contributed by atoms with van der Waals surface area (Å²) in [6.07, 6.45) is 1.77. The molecule has 0 heterocycles. The fourth-order valence-corrected chi connectivity index (χ4v) is 4.17. The standard InChI is InChI=1S/C24H32ClN3O5S/c1-6-17(2)26-24(30)18(3)27(15-19-7-9-20(25)10-8-19)23(29)16-28(34(5,31)32)21-11-13-22(33-4)14-12-21/h7-14,17-18H,6,15-16H2,1-5H3,(H,26,30). The van der Waals surface area contributed by atoms with E-state index in [1.807, 2.05) is 13.8 Å². The van der Waals surface area contributed by atoms with Crippen LogP contribution in [0.1, 0.15) is 32.8 Å². The Morgan fingerprint density at radius 3 is 2.15 bits per heavy atom. The lowest BCUT2D eigenvalue weighted by Gasteiger charge is -2.32. The smallest absolute Gasteiger partial charge is 0.244 e. The van der Waals surface area contributed by atoms with Gasteiger partial charge in [-0.05, 0) is 62.2 Å². The Hall–Kier alpha value is -2.78. The minimum absolute atomic E-state index is 0.0609. The molecule has 1 N–H and O–H groups in total. The van der Waals surface area contributed by atoms with E-state index in [4.69, 9.17) is 16.3 Å². The van der Waals surface area contributed by atoms with Crippen molar-refractivity contribution in [2.75, 3.05) is 24.2 Å². The van der Waals surface area contributed by atoms with E-state index >= 15 is 0 Å². The fourth-order valence-electron chi connectivity index (χ4n) is 3.20. The average molecular weight is 510 g/mol. The summed E-state index contributed by atoms with van der Waals surface area (Å²) in [4.78, 5) is 27.7. The van der Waals surface area contributed by atoms with Crippen LogP contribution in [0.5, 0.6) is 5.75 Å². The highest BCUT2D eigenvalue weighted by molar-refractivity contribution is 7.92. The zero-order valence-corrected chi connectivity index (χ0v) is 21.7. The Morgan fingerprint density at radius 2 is 1.65 bits per heavy atom. The number of amides is 2. The van der Waals surface area contributed by atoms with Crippen LogP contribution in [0, 0.1) is 0 Å². The molecule has 34 heavy (non-hydrogen) atoms. The summed E-state index contributed by atoms with van der Waals surface area (Å²) in [5, 5.41) is 3.44. The number of anilines is 1. The second-order valence-electron chi connectivity index (χ2n) is 8.11. The minimum Gasteiger partial charge on any atom is -0.497 e. The zero-order chi connectivity index (χ0) is 25.5. The number of ether oxygens (including phenoxy) is 1. The normalized spacial score (nSPS) is 13.0. The highest BCUT2D eigenvalue weighted by Crippen LogP contribution is 2.22. The molecule has 0 radical (unpaired) electrons. The number of carbonyl (C=O) groups excluding carboxylic acids is 2. The molecule has 8 nitrogen and oxygen atoms in total. The molecule has 2 unspecified atom stereocenters. The van der Waals surface area contributed by atoms with Crippen molar-refractivity contribution in [2.45, 2.75) is 45.8 Å². The summed E-state index contributed by atoms with van der Waals surface area (Å²) in [6, 6.07) is 12.4. The summed E-state index contributed by atoms with van der Waals surface area (Å²) >= 11 is 5.98. The van der Waals surface area contributed by atoms with Crippen LogP contribution >= 0.6 is 11.6 Å². The van der Waals surface area contributed by atoms with Crippen LogP contribution in [0.25, 0.3) is 0 Å². The maximum Gasteiger partial charge on any atom is 0.244 e. The van der Waals surface area contributed by atoms with E-state index in [1.54, 1.807) is 55.5 Å². The second-order valence-corrected chi connectivity index (χ2v) is 10.5. The van der Waals surface area contributed by atoms with Gasteiger partial charge in [-0.3, -0.25) is 13.9 Å². The van der Waals surface area contributed by atoms with Gasteiger partial charge in [0.2, 0.25) is 21.8 Å². The number of rotatable bonds is 11. The van der Waals surface area contributed by atoms with Gasteiger partial charge >= 0.3 is 0 Å². The van der Waals surface area contributed by atoms with Crippen LogP contribution in [0.4, 0.5) is 5.69 Å². The third kappa shape index (κ3) is 7.63. The third-order valence-electron chi connectivity index (χ3n) is 5.47. The summed E-state index contributed by atoms with van der Waals surface area (Å²) < 4.78 is 31.3. The number of nitrogens with one attached hydrogen (secondary N) is 1. The summed E-state index contributed by atoms with van der Waals surface area (Å²) in [5.41, 5.74) is 1.08. The Bertz CT molecular complexity index is 1070. The summed E-state index contributed by atoms with van der Waals surface area (Å²) in [7, 11) is -2.28. The van der Waals surface area contributed by atoms with Gasteiger partial charge in [0.1, 0.15) is 18.3 Å². The Kier molecular flexibility index (Phi) is 9.76. The number of hydrogen-bond acceptors (Lipinski definition) is 5. The highest BCUT2D eigenvalue weighted by Gasteiger charge is 2.30. The molecule has 0 aliphatic carbocycles. The number of hydrogen-bond donors (Lipinski definition) is 1. The van der Waals surface area contributed by atoms with E-state index in [0.717, 1.165) is 22.5 Å². The number of nitrogens with zero attached hydrogens (tertiary/aromatic N) is 2. The molecule has 2 atom stereocenters. The van der Waals surface area contributed by atoms with E-state index < -0.39 is 28.5 Å². The van der Waals surface area contributed by atoms with Crippen molar-refractivity contribution < 1.29 is 22.7 Å². The maximum absolute atomic E-state index is 13.5. The van der Waals surface area contributed by atoms with Crippen LogP contribution in [-0.2, 0) is 26.2 Å². The predicted octanol–water partition coefficient (Wildman–Crippen LogP) is 3.45. The van der Waals surface area contributed by atoms with Gasteiger partial charge in [0, 0.05) is 17.6 Å². The average Bonchev–Trinajstić information content (AvgIpc) is 2.80. The molecule has 2 rings (SSSR count). The Labute approximate surface area is 206 Å². The quantitative estimate of drug-likeness (QED) is 0.500. The van der Waals surface area contributed by atoms with Gasteiger partial charge in [0.15, 0.2) is 0 Å². The van der Waals surface area contributed by atoms with Gasteiger partial charge in [0.25, 0.3) is 0 Å². The SMILES string of the molecule is CCC(C)NC(=O)C(C)N(Cc1ccc(Cl)cc1)C(=O)CN(c1ccc(OC)cc1)S(C)(=O)=O. The lowest BCUT2D eigenvalue weighted by molar-refractivity contribution is -0.139. The van der Waals surface area contributed by atoms with Gasteiger partial charge in [-0.15, -0.1) is 0 Å². The predicted molar refractivity (Wildman–Crippen MR) is 135 cm³/mol. The van der Waals surface area contributed by atoms with Crippen molar-refractivity contribution in [1.82, 2.24) is 10.2 Å². The van der Waals surface area contributed by atoms with Crippen molar-refractivity contribution in [3.63, 3.8) is 0 Å². The van der Waals surface area contributed by atoms with Crippen LogP contribution in [0.2, 0.25) is 5.02 Å². The van der Waals surface area contributed by atoms with Crippen molar-refractivity contribution in [2.24, 2.45) is 0 Å². The van der Waals surface area contributed by atoms with Crippen LogP contribution < -0.4 is 14.4 Å². The van der Waals surface area contributed by atoms with Crippen LogP contribution in [0.3, 0.4) is 0 Å². The fraction of sp³-hybridized carbons (Fsp3) is 0.417. The summed E-state index contributed by atoms with van der Waals surface area (Å²) in [5.74, 6) is -0.266. The largest absolute Gasteiger partial charge is 0.497 e. The zero-order valence-electron chi connectivity index (χ0n) is 20.1. The van der Waals surface area contributed by atoms with Gasteiger partial charge < -0.3 is 15.0 Å². The molecule has 186 valence electrons. The number of carbonyl (C=O) groups is 2. The van der Waals surface area contributed by atoms with Crippen LogP contribution in [-0.4, -0.2) is 57.1 Å². The second kappa shape index (κ2) is 12.1. The number of halogens is 1. The topological polar surface area (TPSA) is 96.0 Å². The van der Waals surface area contributed by atoms with Crippen molar-refractivity contribution >= 4 is 39.1 Å². The highest BCUT2D eigenvalue weighted by atomic mass is 35.5. The molecule has 0 bridgehead atoms. The number of sulfonamides is 1. The van der Waals surface area contributed by atoms with E-state index in [9.17, 15) is 18.0 Å². The molecule has 2 amide bonds. The van der Waals surface area contributed by atoms with Crippen molar-refractivity contribution in [1.29, 1.82) is 0 Å². The molecular formula is C24H32ClN3O5S. The molecule has 0 aliphatic heterocycles. The van der Waals surface area contributed by atoms with E-state index in [-0.39, 0.29) is 18.5 Å². The first kappa shape index (κ1) is 27.5. The Morgan fingerprint density at radius 1 is 1.06 bits per heavy atom. The molecule has 0 aliphatic rings. The summed E-state index contributed by atoms with van der Waals surface area (Å²) in [6.45, 7) is 5.12. The van der Waals surface area contributed by atoms with Crippen LogP contribution in [0.15, 0.2) is 48.5 Å². The molecule has 10 heteroatoms. The first-order valence-corrected chi connectivity index (χ1v) is 13.1. The molecule has 0 saturated carbocycles. The van der Waals surface area contributed by atoms with Crippen molar-refractivity contribution in [3.8, 4) is 5.75 Å². The number of benzene rings is 2. The van der Waals surface area contributed by atoms with E-state index in [0.29, 0.717) is 16.5 Å². The first-order chi connectivity index (χ1) is 16.0. The van der Waals surface area contributed by atoms with E-state index in [1.165, 1.54) is 12.0 Å². The molecule has 0 spiro atoms. The Balaban J connectivity index is 2.36. The minimum atomic E-state index is -3.79. The molecule has 0 aromatic heterocycles.